The lowest BCUT2D eigenvalue weighted by molar-refractivity contribution is -0.168. The van der Waals surface area contributed by atoms with Gasteiger partial charge in [-0.05, 0) is 12.8 Å². The molecule has 3 nitrogen and oxygen atoms in total. The molecule has 0 aliphatic carbocycles. The number of hydrogen-bond donors (Lipinski definition) is 0. The number of nitrogens with zero attached hydrogens (tertiary/aromatic N) is 1. The van der Waals surface area contributed by atoms with E-state index in [2.05, 4.69) is 20.8 Å². The predicted octanol–water partition coefficient (Wildman–Crippen LogP) is 1.57. The van der Waals surface area contributed by atoms with Crippen LogP contribution in [0.15, 0.2) is 0 Å². The molecule has 4 heteroatoms. The molecular formula is C7H14BrNO2. The average Bonchev–Trinajstić information content (AvgIpc) is 2.12. The lowest BCUT2D eigenvalue weighted by Crippen LogP contribution is -2.24. The van der Waals surface area contributed by atoms with Crippen molar-refractivity contribution in [1.29, 1.82) is 0 Å². The lowest BCUT2D eigenvalue weighted by atomic mass is 10.2. The molecule has 0 aromatic carbocycles. The van der Waals surface area contributed by atoms with Crippen LogP contribution >= 0.6 is 15.9 Å². The second-order valence-electron chi connectivity index (χ2n) is 1.95. The van der Waals surface area contributed by atoms with Crippen LogP contribution < -0.4 is 0 Å². The molecule has 0 fully saturated rings. The maximum absolute atomic E-state index is 11.3. The standard InChI is InChI=1S/C7H14BrNO2/c1-9(11-2)7(10)5-3-4-6-8/h3-6H2,1-2H3/i5D2. The molecule has 0 atom stereocenters. The van der Waals surface area contributed by atoms with Crippen LogP contribution in [0, 0.1) is 0 Å². The zero-order valence-corrected chi connectivity index (χ0v) is 8.35. The van der Waals surface area contributed by atoms with Crippen LogP contribution in [-0.4, -0.2) is 30.5 Å². The van der Waals surface area contributed by atoms with Crippen molar-refractivity contribution in [2.45, 2.75) is 19.2 Å². The van der Waals surface area contributed by atoms with Crippen molar-refractivity contribution in [3.05, 3.63) is 0 Å². The number of carbonyl (C=O) groups excluding carboxylic acids is 1. The summed E-state index contributed by atoms with van der Waals surface area (Å²) in [5, 5.41) is 1.60. The van der Waals surface area contributed by atoms with Gasteiger partial charge in [0.15, 0.2) is 0 Å². The number of hydroxylamine groups is 2. The van der Waals surface area contributed by atoms with Crippen LogP contribution in [0.3, 0.4) is 0 Å². The number of alkyl halides is 1. The van der Waals surface area contributed by atoms with Crippen LogP contribution in [0.25, 0.3) is 0 Å². The fraction of sp³-hybridized carbons (Fsp3) is 0.857. The van der Waals surface area contributed by atoms with Gasteiger partial charge in [0.05, 0.1) is 7.11 Å². The molecule has 0 rings (SSSR count). The number of rotatable bonds is 5. The first-order valence-corrected chi connectivity index (χ1v) is 4.46. The minimum Gasteiger partial charge on any atom is -0.275 e. The normalized spacial score (nSPS) is 13.7. The molecule has 66 valence electrons. The molecule has 0 aromatic rings. The molecule has 0 bridgehead atoms. The van der Waals surface area contributed by atoms with E-state index in [9.17, 15) is 4.79 Å². The molecule has 0 unspecified atom stereocenters. The van der Waals surface area contributed by atoms with Crippen LogP contribution in [0.2, 0.25) is 0 Å². The van der Waals surface area contributed by atoms with Gasteiger partial charge in [-0.1, -0.05) is 15.9 Å². The van der Waals surface area contributed by atoms with E-state index in [4.69, 9.17) is 2.74 Å². The Bertz CT molecular complexity index is 178. The van der Waals surface area contributed by atoms with E-state index < -0.39 is 12.3 Å². The molecule has 11 heavy (non-hydrogen) atoms. The Hall–Kier alpha value is -0.0900. The van der Waals surface area contributed by atoms with E-state index in [1.807, 2.05) is 0 Å². The molecule has 0 spiro atoms. The van der Waals surface area contributed by atoms with E-state index in [0.717, 1.165) is 5.06 Å². The summed E-state index contributed by atoms with van der Waals surface area (Å²) in [7, 11) is 2.73. The van der Waals surface area contributed by atoms with Crippen molar-refractivity contribution in [2.24, 2.45) is 0 Å². The van der Waals surface area contributed by atoms with E-state index in [1.165, 1.54) is 14.2 Å². The zero-order valence-electron chi connectivity index (χ0n) is 8.76. The third-order valence-electron chi connectivity index (χ3n) is 1.15. The molecular weight excluding hydrogens is 210 g/mol. The summed E-state index contributed by atoms with van der Waals surface area (Å²) in [4.78, 5) is 15.9. The number of hydrogen-bond acceptors (Lipinski definition) is 2. The molecule has 0 aliphatic heterocycles. The summed E-state index contributed by atoms with van der Waals surface area (Å²) in [6.07, 6.45) is -1.01. The predicted molar refractivity (Wildman–Crippen MR) is 47.4 cm³/mol. The molecule has 0 aliphatic rings. The summed E-state index contributed by atoms with van der Waals surface area (Å²) >= 11 is 3.18. The fourth-order valence-electron chi connectivity index (χ4n) is 0.456. The fourth-order valence-corrected chi connectivity index (χ4v) is 0.737. The highest BCUT2D eigenvalue weighted by Gasteiger charge is 2.05. The van der Waals surface area contributed by atoms with Gasteiger partial charge < -0.3 is 0 Å². The molecule has 0 heterocycles. The lowest BCUT2D eigenvalue weighted by Gasteiger charge is -2.12. The first kappa shape index (κ1) is 7.55. The van der Waals surface area contributed by atoms with Crippen molar-refractivity contribution < 1.29 is 12.4 Å². The largest absolute Gasteiger partial charge is 0.275 e. The van der Waals surface area contributed by atoms with Crippen LogP contribution in [0.1, 0.15) is 22.0 Å². The Labute approximate surface area is 78.6 Å². The summed E-state index contributed by atoms with van der Waals surface area (Å²) in [5.74, 6) is -0.643. The first-order valence-electron chi connectivity index (χ1n) is 4.34. The smallest absolute Gasteiger partial charge is 0.245 e. The molecule has 0 aromatic heterocycles. The first-order chi connectivity index (χ1) is 5.95. The van der Waals surface area contributed by atoms with Gasteiger partial charge in [-0.25, -0.2) is 5.06 Å². The summed E-state index contributed by atoms with van der Waals surface area (Å²) in [6.45, 7) is 0. The Morgan fingerprint density at radius 1 is 1.73 bits per heavy atom. The monoisotopic (exact) mass is 225 g/mol. The maximum atomic E-state index is 11.3. The topological polar surface area (TPSA) is 29.5 Å². The Morgan fingerprint density at radius 2 is 2.36 bits per heavy atom. The van der Waals surface area contributed by atoms with Gasteiger partial charge in [-0.3, -0.25) is 9.63 Å². The minimum atomic E-state index is -1.83. The van der Waals surface area contributed by atoms with E-state index in [1.54, 1.807) is 0 Å². The average molecular weight is 226 g/mol. The van der Waals surface area contributed by atoms with Gasteiger partial charge in [-0.15, -0.1) is 0 Å². The van der Waals surface area contributed by atoms with Gasteiger partial charge in [-0.2, -0.15) is 0 Å². The molecule has 0 radical (unpaired) electrons. The molecule has 0 N–H and O–H groups in total. The van der Waals surface area contributed by atoms with Gasteiger partial charge in [0, 0.05) is 21.5 Å². The number of amides is 1. The van der Waals surface area contributed by atoms with Crippen LogP contribution in [0.4, 0.5) is 0 Å². The number of carbonyl (C=O) groups is 1. The summed E-state index contributed by atoms with van der Waals surface area (Å²) < 4.78 is 14.9. The third kappa shape index (κ3) is 5.21. The van der Waals surface area contributed by atoms with Gasteiger partial charge in [0.25, 0.3) is 0 Å². The molecule has 0 saturated heterocycles. The second-order valence-corrected chi connectivity index (χ2v) is 2.75. The van der Waals surface area contributed by atoms with Crippen molar-refractivity contribution >= 4 is 21.8 Å². The zero-order chi connectivity index (χ0) is 10.5. The van der Waals surface area contributed by atoms with Crippen LogP contribution in [0.5, 0.6) is 0 Å². The quantitative estimate of drug-likeness (QED) is 0.526. The van der Waals surface area contributed by atoms with Crippen LogP contribution in [-0.2, 0) is 9.63 Å². The van der Waals surface area contributed by atoms with E-state index >= 15 is 0 Å². The Balaban J connectivity index is 4.18. The SMILES string of the molecule is [2H]C([2H])(CCCBr)C(=O)N(C)OC. The van der Waals surface area contributed by atoms with E-state index in [0.29, 0.717) is 11.8 Å². The summed E-state index contributed by atoms with van der Waals surface area (Å²) in [6, 6.07) is 0. The van der Waals surface area contributed by atoms with Gasteiger partial charge >= 0.3 is 0 Å². The van der Waals surface area contributed by atoms with E-state index in [-0.39, 0.29) is 6.42 Å². The minimum absolute atomic E-state index is 0.199. The van der Waals surface area contributed by atoms with Crippen molar-refractivity contribution in [1.82, 2.24) is 5.06 Å². The van der Waals surface area contributed by atoms with Crippen molar-refractivity contribution in [2.75, 3.05) is 19.5 Å². The summed E-state index contributed by atoms with van der Waals surface area (Å²) in [5.41, 5.74) is 0. The van der Waals surface area contributed by atoms with Gasteiger partial charge in [0.1, 0.15) is 0 Å². The molecule has 1 amide bonds. The van der Waals surface area contributed by atoms with Crippen molar-refractivity contribution in [3.63, 3.8) is 0 Å². The highest BCUT2D eigenvalue weighted by Crippen LogP contribution is 2.01. The maximum Gasteiger partial charge on any atom is 0.245 e. The second kappa shape index (κ2) is 6.61. The third-order valence-corrected chi connectivity index (χ3v) is 1.71. The Morgan fingerprint density at radius 3 is 2.82 bits per heavy atom. The highest BCUT2D eigenvalue weighted by atomic mass is 79.9. The van der Waals surface area contributed by atoms with Gasteiger partial charge in [0.2, 0.25) is 5.91 Å². The van der Waals surface area contributed by atoms with Crippen molar-refractivity contribution in [3.8, 4) is 0 Å². The highest BCUT2D eigenvalue weighted by molar-refractivity contribution is 9.09. The molecule has 0 saturated carbocycles. The number of halogens is 1. The Kier molecular flexibility index (Phi) is 4.54.